The lowest BCUT2D eigenvalue weighted by molar-refractivity contribution is 0.962. The van der Waals surface area contributed by atoms with Crippen LogP contribution in [0.5, 0.6) is 0 Å². The summed E-state index contributed by atoms with van der Waals surface area (Å²) in [7, 11) is -4.11. The molecule has 0 radical (unpaired) electrons. The minimum Gasteiger partial charge on any atom is -0.310 e. The fourth-order valence-electron chi connectivity index (χ4n) is 10.6. The Hall–Kier alpha value is -5.69. The number of nitrogens with zero attached hydrogens (tertiary/aromatic N) is 2. The predicted octanol–water partition coefficient (Wildman–Crippen LogP) is 15.6. The van der Waals surface area contributed by atoms with E-state index in [1.165, 1.54) is 77.8 Å². The van der Waals surface area contributed by atoms with Crippen molar-refractivity contribution in [2.24, 2.45) is 0 Å². The van der Waals surface area contributed by atoms with Crippen molar-refractivity contribution in [3.05, 3.63) is 192 Å². The van der Waals surface area contributed by atoms with Gasteiger partial charge in [0.25, 0.3) is 0 Å². The molecule has 57 heavy (non-hydrogen) atoms. The van der Waals surface area contributed by atoms with Gasteiger partial charge in [0.05, 0.1) is 21.8 Å². The predicted molar refractivity (Wildman–Crippen MR) is 253 cm³/mol. The van der Waals surface area contributed by atoms with Crippen molar-refractivity contribution >= 4 is 71.8 Å². The minimum absolute atomic E-state index is 0.0743. The molecule has 0 saturated carbocycles. The lowest BCUT2D eigenvalue weighted by atomic mass is 9.94. The summed E-state index contributed by atoms with van der Waals surface area (Å²) in [5.74, 6) is 0. The summed E-state index contributed by atoms with van der Waals surface area (Å²) in [6, 6.07) is 63.6. The van der Waals surface area contributed by atoms with Gasteiger partial charge in [-0.3, -0.25) is 0 Å². The van der Waals surface area contributed by atoms with Gasteiger partial charge in [-0.15, -0.1) is 0 Å². The summed E-state index contributed by atoms with van der Waals surface area (Å²) >= 11 is 0. The van der Waals surface area contributed by atoms with Crippen molar-refractivity contribution in [1.29, 1.82) is 0 Å². The standard InChI is InChI=1S/C53H52N2Si2/c1-37-19-17-25-42(33-37)54(40-21-11-9-12-22-40)44-30-32-45-39(35-44)29-31-48-51-47-28-16-15-27-46(47)50(36-49(51)53(52(45)48,56(3,4)5)57(6,7)8)55(41-23-13-10-14-24-41)43-26-18-20-38(2)34-43/h9-36H,1-8H3. The molecule has 0 saturated heterocycles. The molecule has 0 aliphatic heterocycles. The van der Waals surface area contributed by atoms with Crippen molar-refractivity contribution in [1.82, 2.24) is 0 Å². The normalized spacial score (nSPS) is 13.4. The van der Waals surface area contributed by atoms with E-state index < -0.39 is 16.1 Å². The van der Waals surface area contributed by atoms with Gasteiger partial charge in [-0.1, -0.05) is 142 Å². The maximum atomic E-state index is 2.64. The zero-order valence-corrected chi connectivity index (χ0v) is 36.6. The first-order chi connectivity index (χ1) is 27.4. The summed E-state index contributed by atoms with van der Waals surface area (Å²) in [5, 5.41) is 5.30. The molecule has 2 nitrogen and oxygen atoms in total. The highest BCUT2D eigenvalue weighted by molar-refractivity contribution is 7.00. The highest BCUT2D eigenvalue weighted by Gasteiger charge is 2.60. The van der Waals surface area contributed by atoms with E-state index in [9.17, 15) is 0 Å². The van der Waals surface area contributed by atoms with Crippen molar-refractivity contribution < 1.29 is 0 Å². The number of fused-ring (bicyclic) bond motifs is 7. The third-order valence-corrected chi connectivity index (χ3v) is 22.4. The topological polar surface area (TPSA) is 6.48 Å². The fraction of sp³-hybridized carbons (Fsp3) is 0.170. The van der Waals surface area contributed by atoms with Crippen LogP contribution in [0.1, 0.15) is 22.3 Å². The molecule has 8 aromatic rings. The average Bonchev–Trinajstić information content (AvgIpc) is 3.52. The average molecular weight is 773 g/mol. The van der Waals surface area contributed by atoms with Gasteiger partial charge < -0.3 is 9.80 Å². The van der Waals surface area contributed by atoms with Crippen molar-refractivity contribution in [3.8, 4) is 11.1 Å². The third-order valence-electron chi connectivity index (χ3n) is 12.4. The lowest BCUT2D eigenvalue weighted by Crippen LogP contribution is -2.63. The Bertz CT molecular complexity index is 2780. The Morgan fingerprint density at radius 1 is 0.404 bits per heavy atom. The summed E-state index contributed by atoms with van der Waals surface area (Å²) in [5.41, 5.74) is 15.5. The highest BCUT2D eigenvalue weighted by Crippen LogP contribution is 2.62. The highest BCUT2D eigenvalue weighted by atomic mass is 28.4. The molecule has 9 rings (SSSR count). The van der Waals surface area contributed by atoms with Crippen LogP contribution < -0.4 is 9.80 Å². The Labute approximate surface area is 341 Å². The van der Waals surface area contributed by atoms with E-state index in [1.807, 2.05) is 0 Å². The van der Waals surface area contributed by atoms with Crippen LogP contribution in [0.2, 0.25) is 39.3 Å². The molecule has 0 atom stereocenters. The van der Waals surface area contributed by atoms with E-state index in [0.717, 1.165) is 5.69 Å². The molecule has 1 aliphatic carbocycles. The van der Waals surface area contributed by atoms with Gasteiger partial charge in [0.2, 0.25) is 0 Å². The van der Waals surface area contributed by atoms with E-state index in [2.05, 4.69) is 233 Å². The second-order valence-electron chi connectivity index (χ2n) is 18.0. The smallest absolute Gasteiger partial charge is 0.0579 e. The second-order valence-corrected chi connectivity index (χ2v) is 29.0. The van der Waals surface area contributed by atoms with E-state index >= 15 is 0 Å². The van der Waals surface area contributed by atoms with E-state index in [1.54, 1.807) is 5.56 Å². The number of benzene rings is 8. The first-order valence-electron chi connectivity index (χ1n) is 20.4. The van der Waals surface area contributed by atoms with Gasteiger partial charge in [-0.2, -0.15) is 0 Å². The molecule has 8 aromatic carbocycles. The van der Waals surface area contributed by atoms with Gasteiger partial charge in [-0.25, -0.2) is 0 Å². The number of rotatable bonds is 8. The maximum absolute atomic E-state index is 2.64. The zero-order chi connectivity index (χ0) is 39.7. The van der Waals surface area contributed by atoms with Gasteiger partial charge >= 0.3 is 0 Å². The zero-order valence-electron chi connectivity index (χ0n) is 34.6. The Balaban J connectivity index is 1.36. The van der Waals surface area contributed by atoms with Crippen LogP contribution in [0.3, 0.4) is 0 Å². The summed E-state index contributed by atoms with van der Waals surface area (Å²) in [6.07, 6.45) is 0. The number of hydrogen-bond donors (Lipinski definition) is 0. The maximum Gasteiger partial charge on any atom is 0.0579 e. The number of hydrogen-bond acceptors (Lipinski definition) is 2. The minimum atomic E-state index is -2.06. The largest absolute Gasteiger partial charge is 0.310 e. The summed E-state index contributed by atoms with van der Waals surface area (Å²) in [4.78, 5) is 4.91. The fourth-order valence-corrected chi connectivity index (χ4v) is 23.6. The van der Waals surface area contributed by atoms with Crippen LogP contribution in [0.15, 0.2) is 170 Å². The number of aryl methyl sites for hydroxylation is 2. The van der Waals surface area contributed by atoms with Gasteiger partial charge in [0, 0.05) is 38.5 Å². The van der Waals surface area contributed by atoms with Crippen LogP contribution in [0.25, 0.3) is 32.7 Å². The Morgan fingerprint density at radius 3 is 1.49 bits per heavy atom. The van der Waals surface area contributed by atoms with E-state index in [-0.39, 0.29) is 4.66 Å². The summed E-state index contributed by atoms with van der Waals surface area (Å²) in [6.45, 7) is 20.2. The molecule has 0 unspecified atom stereocenters. The van der Waals surface area contributed by atoms with Crippen LogP contribution >= 0.6 is 0 Å². The van der Waals surface area contributed by atoms with Crippen molar-refractivity contribution in [2.75, 3.05) is 9.80 Å². The molecule has 4 heteroatoms. The van der Waals surface area contributed by atoms with Crippen LogP contribution in [0.4, 0.5) is 34.1 Å². The first-order valence-corrected chi connectivity index (χ1v) is 27.4. The molecule has 282 valence electrons. The summed E-state index contributed by atoms with van der Waals surface area (Å²) < 4.78 is -0.0743. The van der Waals surface area contributed by atoms with Crippen LogP contribution in [0, 0.1) is 13.8 Å². The molecule has 0 spiro atoms. The Morgan fingerprint density at radius 2 is 0.912 bits per heavy atom. The van der Waals surface area contributed by atoms with E-state index in [0.29, 0.717) is 0 Å². The van der Waals surface area contributed by atoms with E-state index in [4.69, 9.17) is 0 Å². The van der Waals surface area contributed by atoms with Gasteiger partial charge in [-0.05, 0) is 130 Å². The Kier molecular flexibility index (Phi) is 8.91. The lowest BCUT2D eigenvalue weighted by Gasteiger charge is -2.52. The molecule has 0 bridgehead atoms. The van der Waals surface area contributed by atoms with Crippen molar-refractivity contribution in [3.63, 3.8) is 0 Å². The second kappa shape index (κ2) is 13.8. The SMILES string of the molecule is Cc1cccc(N(c2ccccc2)c2ccc3c4c(ccc3c2)-c2c(cc(N(c3ccccc3)c3cccc(C)c3)c3ccccc23)C4([Si](C)(C)C)[Si](C)(C)C)c1. The molecule has 1 aliphatic rings. The van der Waals surface area contributed by atoms with Crippen LogP contribution in [-0.2, 0) is 4.66 Å². The third kappa shape index (κ3) is 5.88. The molecule has 0 amide bonds. The van der Waals surface area contributed by atoms with Crippen LogP contribution in [-0.4, -0.2) is 16.1 Å². The molecule has 0 aromatic heterocycles. The molecule has 0 heterocycles. The molecular weight excluding hydrogens is 721 g/mol. The van der Waals surface area contributed by atoms with Crippen molar-refractivity contribution in [2.45, 2.75) is 57.8 Å². The molecule has 0 N–H and O–H groups in total. The molecular formula is C53H52N2Si2. The van der Waals surface area contributed by atoms with Gasteiger partial charge in [0.1, 0.15) is 0 Å². The first kappa shape index (κ1) is 36.9. The monoisotopic (exact) mass is 772 g/mol. The van der Waals surface area contributed by atoms with Gasteiger partial charge in [0.15, 0.2) is 0 Å². The number of para-hydroxylation sites is 2. The number of anilines is 6. The molecule has 0 fully saturated rings. The quantitative estimate of drug-likeness (QED) is 0.142.